The maximum atomic E-state index is 13.0. The summed E-state index contributed by atoms with van der Waals surface area (Å²) in [5.74, 6) is -1.46. The molecule has 3 rings (SSSR count). The predicted molar refractivity (Wildman–Crippen MR) is 114 cm³/mol. The summed E-state index contributed by atoms with van der Waals surface area (Å²) in [6.45, 7) is 3.75. The Morgan fingerprint density at radius 1 is 0.968 bits per heavy atom. The first kappa shape index (κ1) is 21.8. The van der Waals surface area contributed by atoms with Crippen molar-refractivity contribution in [2.75, 3.05) is 13.2 Å². The van der Waals surface area contributed by atoms with E-state index in [1.165, 1.54) is 0 Å². The van der Waals surface area contributed by atoms with Gasteiger partial charge in [0, 0.05) is 5.56 Å². The molecule has 0 fully saturated rings. The molecule has 2 aromatic rings. The molecule has 1 aliphatic heterocycles. The van der Waals surface area contributed by atoms with Gasteiger partial charge in [-0.05, 0) is 19.4 Å². The molecule has 0 unspecified atom stereocenters. The number of carbonyl (C=O) groups is 2. The number of nitriles is 1. The van der Waals surface area contributed by atoms with E-state index in [-0.39, 0.29) is 36.5 Å². The van der Waals surface area contributed by atoms with E-state index >= 15 is 0 Å². The van der Waals surface area contributed by atoms with Crippen LogP contribution in [0.2, 0.25) is 0 Å². The maximum Gasteiger partial charge on any atom is 0.338 e. The van der Waals surface area contributed by atoms with Crippen LogP contribution < -0.4 is 0 Å². The predicted octanol–water partition coefficient (Wildman–Crippen LogP) is 4.51. The lowest BCUT2D eigenvalue weighted by molar-refractivity contribution is -0.142. The molecule has 158 valence electrons. The Morgan fingerprint density at radius 2 is 1.58 bits per heavy atom. The van der Waals surface area contributed by atoms with Gasteiger partial charge in [0.15, 0.2) is 0 Å². The number of allylic oxidation sites excluding steroid dienone is 1. The Kier molecular flexibility index (Phi) is 7.23. The number of esters is 2. The van der Waals surface area contributed by atoms with E-state index in [2.05, 4.69) is 6.07 Å². The average Bonchev–Trinajstić information content (AvgIpc) is 2.79. The molecule has 0 aliphatic carbocycles. The normalized spacial score (nSPS) is 15.7. The van der Waals surface area contributed by atoms with Gasteiger partial charge in [0.1, 0.15) is 17.9 Å². The lowest BCUT2D eigenvalue weighted by atomic mass is 9.81. The summed E-state index contributed by atoms with van der Waals surface area (Å²) in [5.41, 5.74) is 1.80. The van der Waals surface area contributed by atoms with Crippen LogP contribution in [0.25, 0.3) is 5.76 Å². The second-order valence-electron chi connectivity index (χ2n) is 6.71. The molecular formula is C25H23NO5. The van der Waals surface area contributed by atoms with Crippen molar-refractivity contribution in [3.8, 4) is 6.07 Å². The van der Waals surface area contributed by atoms with E-state index in [9.17, 15) is 14.9 Å². The Hall–Kier alpha value is -3.85. The first-order valence-corrected chi connectivity index (χ1v) is 10.1. The van der Waals surface area contributed by atoms with E-state index in [0.29, 0.717) is 11.3 Å². The Labute approximate surface area is 181 Å². The molecule has 0 radical (unpaired) electrons. The third-order valence-corrected chi connectivity index (χ3v) is 4.74. The highest BCUT2D eigenvalue weighted by Crippen LogP contribution is 2.44. The number of nitrogens with zero attached hydrogens (tertiary/aromatic N) is 1. The average molecular weight is 417 g/mol. The van der Waals surface area contributed by atoms with E-state index in [1.54, 1.807) is 13.8 Å². The first-order valence-electron chi connectivity index (χ1n) is 10.1. The van der Waals surface area contributed by atoms with Crippen molar-refractivity contribution in [1.29, 1.82) is 5.26 Å². The van der Waals surface area contributed by atoms with Crippen LogP contribution in [0.5, 0.6) is 0 Å². The van der Waals surface area contributed by atoms with Crippen molar-refractivity contribution in [2.24, 2.45) is 0 Å². The summed E-state index contributed by atoms with van der Waals surface area (Å²) in [6.07, 6.45) is -0.250. The minimum Gasteiger partial charge on any atom is -0.466 e. The van der Waals surface area contributed by atoms with Gasteiger partial charge < -0.3 is 14.2 Å². The van der Waals surface area contributed by atoms with Crippen molar-refractivity contribution in [3.05, 3.63) is 88.7 Å². The molecule has 6 nitrogen and oxygen atoms in total. The van der Waals surface area contributed by atoms with Gasteiger partial charge in [-0.3, -0.25) is 4.79 Å². The van der Waals surface area contributed by atoms with Crippen LogP contribution in [0.15, 0.2) is 77.6 Å². The van der Waals surface area contributed by atoms with Crippen molar-refractivity contribution < 1.29 is 23.8 Å². The summed E-state index contributed by atoms with van der Waals surface area (Å²) in [5, 5.41) is 10.1. The molecule has 1 heterocycles. The quantitative estimate of drug-likeness (QED) is 0.617. The Balaban J connectivity index is 2.24. The molecule has 6 heteroatoms. The summed E-state index contributed by atoms with van der Waals surface area (Å²) >= 11 is 0. The van der Waals surface area contributed by atoms with E-state index in [4.69, 9.17) is 14.2 Å². The highest BCUT2D eigenvalue weighted by Gasteiger charge is 2.39. The zero-order chi connectivity index (χ0) is 22.2. The number of hydrogen-bond donors (Lipinski definition) is 0. The number of ether oxygens (including phenoxy) is 3. The van der Waals surface area contributed by atoms with E-state index < -0.39 is 17.9 Å². The van der Waals surface area contributed by atoms with Crippen molar-refractivity contribution in [3.63, 3.8) is 0 Å². The molecule has 1 atom stereocenters. The van der Waals surface area contributed by atoms with Gasteiger partial charge in [-0.1, -0.05) is 60.7 Å². The van der Waals surface area contributed by atoms with Gasteiger partial charge >= 0.3 is 11.9 Å². The van der Waals surface area contributed by atoms with Crippen LogP contribution >= 0.6 is 0 Å². The summed E-state index contributed by atoms with van der Waals surface area (Å²) in [4.78, 5) is 25.3. The highest BCUT2D eigenvalue weighted by atomic mass is 16.5. The molecule has 0 saturated carbocycles. The summed E-state index contributed by atoms with van der Waals surface area (Å²) in [6, 6.07) is 20.5. The molecule has 0 amide bonds. The summed E-state index contributed by atoms with van der Waals surface area (Å²) < 4.78 is 16.4. The fraction of sp³-hybridized carbons (Fsp3) is 0.240. The number of benzene rings is 2. The third-order valence-electron chi connectivity index (χ3n) is 4.74. The van der Waals surface area contributed by atoms with Crippen molar-refractivity contribution in [1.82, 2.24) is 0 Å². The zero-order valence-corrected chi connectivity index (χ0v) is 17.5. The minimum atomic E-state index is -0.737. The minimum absolute atomic E-state index is 0.128. The van der Waals surface area contributed by atoms with E-state index in [1.807, 2.05) is 60.7 Å². The van der Waals surface area contributed by atoms with Gasteiger partial charge in [0.25, 0.3) is 0 Å². The number of carbonyl (C=O) groups excluding carboxylic acids is 2. The lowest BCUT2D eigenvalue weighted by Gasteiger charge is -2.29. The Morgan fingerprint density at radius 3 is 2.16 bits per heavy atom. The van der Waals surface area contributed by atoms with Crippen molar-refractivity contribution >= 4 is 17.7 Å². The van der Waals surface area contributed by atoms with Crippen LogP contribution in [-0.2, 0) is 23.8 Å². The van der Waals surface area contributed by atoms with Gasteiger partial charge in [0.2, 0.25) is 0 Å². The van der Waals surface area contributed by atoms with Crippen molar-refractivity contribution in [2.45, 2.75) is 26.2 Å². The van der Waals surface area contributed by atoms with Gasteiger partial charge in [-0.25, -0.2) is 4.79 Å². The van der Waals surface area contributed by atoms with Crippen LogP contribution in [0.3, 0.4) is 0 Å². The van der Waals surface area contributed by atoms with Gasteiger partial charge in [-0.2, -0.15) is 5.26 Å². The molecule has 0 N–H and O–H groups in total. The SMILES string of the molecule is CCOC(=O)CC1=C(C(=O)OCC)[C@H](c2ccccc2)C(C#N)=C(c2ccccc2)O1. The second-order valence-corrected chi connectivity index (χ2v) is 6.71. The lowest BCUT2D eigenvalue weighted by Crippen LogP contribution is -2.25. The molecule has 0 spiro atoms. The topological polar surface area (TPSA) is 85.6 Å². The molecule has 0 bridgehead atoms. The largest absolute Gasteiger partial charge is 0.466 e. The third kappa shape index (κ3) is 4.84. The molecule has 31 heavy (non-hydrogen) atoms. The van der Waals surface area contributed by atoms with Crippen LogP contribution in [0, 0.1) is 11.3 Å². The second kappa shape index (κ2) is 10.3. The van der Waals surface area contributed by atoms with Crippen LogP contribution in [0.4, 0.5) is 0 Å². The fourth-order valence-electron chi connectivity index (χ4n) is 3.48. The Bertz CT molecular complexity index is 1050. The van der Waals surface area contributed by atoms with Gasteiger partial charge in [0.05, 0.1) is 36.3 Å². The smallest absolute Gasteiger partial charge is 0.338 e. The number of rotatable bonds is 7. The first-order chi connectivity index (χ1) is 15.1. The zero-order valence-electron chi connectivity index (χ0n) is 17.5. The number of hydrogen-bond acceptors (Lipinski definition) is 6. The maximum absolute atomic E-state index is 13.0. The molecule has 0 aromatic heterocycles. The fourth-order valence-corrected chi connectivity index (χ4v) is 3.48. The molecule has 2 aromatic carbocycles. The van der Waals surface area contributed by atoms with E-state index in [0.717, 1.165) is 5.56 Å². The van der Waals surface area contributed by atoms with Crippen LogP contribution in [-0.4, -0.2) is 25.2 Å². The molecular weight excluding hydrogens is 394 g/mol. The highest BCUT2D eigenvalue weighted by molar-refractivity contribution is 5.95. The van der Waals surface area contributed by atoms with Crippen LogP contribution in [0.1, 0.15) is 37.3 Å². The molecule has 1 aliphatic rings. The van der Waals surface area contributed by atoms with Gasteiger partial charge in [-0.15, -0.1) is 0 Å². The standard InChI is InChI=1S/C25H23NO5/c1-3-29-21(27)15-20-23(25(28)30-4-2)22(17-11-7-5-8-12-17)19(16-26)24(31-20)18-13-9-6-10-14-18/h5-14,22H,3-4,15H2,1-2H3/t22-/m1/s1. The molecule has 0 saturated heterocycles. The summed E-state index contributed by atoms with van der Waals surface area (Å²) in [7, 11) is 0. The monoisotopic (exact) mass is 417 g/mol.